The molecule has 63 heavy (non-hydrogen) atoms. The van der Waals surface area contributed by atoms with Crippen LogP contribution in [0, 0.1) is 0 Å². The molecule has 0 atom stereocenters. The molecule has 12 aromatic rings. The molecule has 12 rings (SSSR count). The Morgan fingerprint density at radius 2 is 0.714 bits per heavy atom. The third kappa shape index (κ3) is 6.66. The monoisotopic (exact) mass is 841 g/mol. The number of thiophene rings is 2. The molecule has 2 heterocycles. The maximum atomic E-state index is 2.46. The van der Waals surface area contributed by atoms with Crippen LogP contribution in [0.1, 0.15) is 0 Å². The Morgan fingerprint density at radius 1 is 0.238 bits per heavy atom. The molecule has 3 nitrogen and oxygen atoms in total. The molecule has 0 radical (unpaired) electrons. The summed E-state index contributed by atoms with van der Waals surface area (Å²) >= 11 is 3.72. The second-order valence-corrected chi connectivity index (χ2v) is 17.9. The molecule has 0 fully saturated rings. The summed E-state index contributed by atoms with van der Waals surface area (Å²) in [4.78, 5) is 7.24. The summed E-state index contributed by atoms with van der Waals surface area (Å²) in [5, 5.41) is 7.44. The number of nitrogens with zero attached hydrogens (tertiary/aromatic N) is 3. The van der Waals surface area contributed by atoms with Gasteiger partial charge in [-0.1, -0.05) is 127 Å². The fourth-order valence-corrected chi connectivity index (χ4v) is 11.4. The van der Waals surface area contributed by atoms with E-state index in [2.05, 4.69) is 251 Å². The fraction of sp³-hybridized carbons (Fsp3) is 0. The SMILES string of the molecule is c1ccc(N(c2ccc3ccccc3c2)c2ccc3sc4c(N(c5ccccc5)c5ccc6c(c5)sc5ccccc56)cc(N(c5ccccc5)c5ccccc5)cc4c3c2)cc1. The van der Waals surface area contributed by atoms with Gasteiger partial charge in [-0.3, -0.25) is 0 Å². The highest BCUT2D eigenvalue weighted by molar-refractivity contribution is 7.26. The van der Waals surface area contributed by atoms with Gasteiger partial charge in [0.25, 0.3) is 0 Å². The Bertz CT molecular complexity index is 3540. The van der Waals surface area contributed by atoms with Crippen LogP contribution in [0.4, 0.5) is 51.2 Å². The molecule has 0 N–H and O–H groups in total. The van der Waals surface area contributed by atoms with Crippen LogP contribution in [0.2, 0.25) is 0 Å². The standard InChI is InChI=1S/C58H39N3S2/c1-5-19-42(20-6-1)59(43-21-7-2-8-22-43)49-37-53-52-36-47(60(44-23-9-3-10-24-44)46-30-29-40-17-13-14-18-41(40)35-46)32-34-56(52)63-58(53)54(38-49)61(45-25-11-4-12-26-45)48-31-33-51-50-27-15-16-28-55(50)62-57(51)39-48/h1-39H. The van der Waals surface area contributed by atoms with Gasteiger partial charge in [0.2, 0.25) is 0 Å². The van der Waals surface area contributed by atoms with E-state index >= 15 is 0 Å². The fourth-order valence-electron chi connectivity index (χ4n) is 9.07. The van der Waals surface area contributed by atoms with E-state index in [-0.39, 0.29) is 0 Å². The Kier molecular flexibility index (Phi) is 9.21. The summed E-state index contributed by atoms with van der Waals surface area (Å²) in [5.41, 5.74) is 9.96. The highest BCUT2D eigenvalue weighted by atomic mass is 32.1. The molecule has 0 aliphatic carbocycles. The number of fused-ring (bicyclic) bond motifs is 7. The van der Waals surface area contributed by atoms with Gasteiger partial charge >= 0.3 is 0 Å². The number of hydrogen-bond acceptors (Lipinski definition) is 5. The van der Waals surface area contributed by atoms with Crippen molar-refractivity contribution in [2.24, 2.45) is 0 Å². The molecule has 0 spiro atoms. The summed E-state index contributed by atoms with van der Waals surface area (Å²) in [7, 11) is 0. The van der Waals surface area contributed by atoms with Crippen LogP contribution in [0.25, 0.3) is 51.1 Å². The first kappa shape index (κ1) is 37.1. The molecule has 0 aliphatic heterocycles. The highest BCUT2D eigenvalue weighted by Crippen LogP contribution is 2.51. The molecule has 10 aromatic carbocycles. The van der Waals surface area contributed by atoms with Gasteiger partial charge in [-0.2, -0.15) is 0 Å². The van der Waals surface area contributed by atoms with Crippen molar-refractivity contribution in [1.82, 2.24) is 0 Å². The highest BCUT2D eigenvalue weighted by Gasteiger charge is 2.24. The lowest BCUT2D eigenvalue weighted by molar-refractivity contribution is 1.27. The predicted molar refractivity (Wildman–Crippen MR) is 274 cm³/mol. The summed E-state index contributed by atoms with van der Waals surface area (Å²) in [6.07, 6.45) is 0. The Balaban J connectivity index is 1.13. The predicted octanol–water partition coefficient (Wildman–Crippen LogP) is 18.0. The Morgan fingerprint density at radius 3 is 1.40 bits per heavy atom. The van der Waals surface area contributed by atoms with Gasteiger partial charge < -0.3 is 14.7 Å². The lowest BCUT2D eigenvalue weighted by atomic mass is 10.0. The van der Waals surface area contributed by atoms with Crippen LogP contribution in [0.15, 0.2) is 237 Å². The molecule has 0 bridgehead atoms. The molecule has 0 amide bonds. The number of benzene rings is 10. The smallest absolute Gasteiger partial charge is 0.0661 e. The number of anilines is 9. The molecule has 0 aliphatic rings. The van der Waals surface area contributed by atoms with E-state index < -0.39 is 0 Å². The van der Waals surface area contributed by atoms with Gasteiger partial charge in [0, 0.05) is 81.1 Å². The van der Waals surface area contributed by atoms with E-state index in [1.165, 1.54) is 51.1 Å². The third-order valence-electron chi connectivity index (χ3n) is 11.9. The first-order chi connectivity index (χ1) is 31.2. The Labute approximate surface area is 374 Å². The molecule has 0 saturated heterocycles. The van der Waals surface area contributed by atoms with E-state index in [0.29, 0.717) is 0 Å². The van der Waals surface area contributed by atoms with E-state index in [1.54, 1.807) is 0 Å². The number of para-hydroxylation sites is 4. The van der Waals surface area contributed by atoms with Gasteiger partial charge in [-0.05, 0) is 120 Å². The molecule has 298 valence electrons. The van der Waals surface area contributed by atoms with Crippen LogP contribution in [-0.2, 0) is 0 Å². The summed E-state index contributed by atoms with van der Waals surface area (Å²) in [6, 6.07) is 85.9. The molecule has 2 aromatic heterocycles. The van der Waals surface area contributed by atoms with Crippen molar-refractivity contribution >= 4 is 125 Å². The molecular formula is C58H39N3S2. The molecular weight excluding hydrogens is 803 g/mol. The first-order valence-electron chi connectivity index (χ1n) is 21.2. The minimum absolute atomic E-state index is 1.08. The minimum Gasteiger partial charge on any atom is -0.310 e. The van der Waals surface area contributed by atoms with Crippen LogP contribution < -0.4 is 14.7 Å². The summed E-state index contributed by atoms with van der Waals surface area (Å²) in [5.74, 6) is 0. The van der Waals surface area contributed by atoms with Gasteiger partial charge in [0.1, 0.15) is 0 Å². The van der Waals surface area contributed by atoms with Crippen LogP contribution in [0.5, 0.6) is 0 Å². The largest absolute Gasteiger partial charge is 0.310 e. The topological polar surface area (TPSA) is 9.72 Å². The third-order valence-corrected chi connectivity index (χ3v) is 14.3. The number of rotatable bonds is 9. The van der Waals surface area contributed by atoms with E-state index in [1.807, 2.05) is 22.7 Å². The van der Waals surface area contributed by atoms with Crippen LogP contribution in [0.3, 0.4) is 0 Å². The van der Waals surface area contributed by atoms with E-state index in [9.17, 15) is 0 Å². The van der Waals surface area contributed by atoms with Crippen LogP contribution >= 0.6 is 22.7 Å². The van der Waals surface area contributed by atoms with Crippen molar-refractivity contribution in [2.45, 2.75) is 0 Å². The van der Waals surface area contributed by atoms with E-state index in [0.717, 1.165) is 51.2 Å². The lowest BCUT2D eigenvalue weighted by Gasteiger charge is -2.30. The summed E-state index contributed by atoms with van der Waals surface area (Å²) < 4.78 is 5.03. The summed E-state index contributed by atoms with van der Waals surface area (Å²) in [6.45, 7) is 0. The van der Waals surface area contributed by atoms with Crippen molar-refractivity contribution < 1.29 is 0 Å². The van der Waals surface area contributed by atoms with Gasteiger partial charge in [-0.25, -0.2) is 0 Å². The maximum Gasteiger partial charge on any atom is 0.0661 e. The maximum absolute atomic E-state index is 2.46. The zero-order chi connectivity index (χ0) is 41.7. The molecule has 0 saturated carbocycles. The van der Waals surface area contributed by atoms with Crippen molar-refractivity contribution in [3.05, 3.63) is 237 Å². The Hall–Kier alpha value is -7.70. The second kappa shape index (κ2) is 15.6. The quantitative estimate of drug-likeness (QED) is 0.143. The first-order valence-corrected chi connectivity index (χ1v) is 22.9. The minimum atomic E-state index is 1.08. The van der Waals surface area contributed by atoms with E-state index in [4.69, 9.17) is 0 Å². The van der Waals surface area contributed by atoms with Crippen molar-refractivity contribution in [3.8, 4) is 0 Å². The van der Waals surface area contributed by atoms with Crippen LogP contribution in [-0.4, -0.2) is 0 Å². The second-order valence-electron chi connectivity index (χ2n) is 15.8. The van der Waals surface area contributed by atoms with Crippen molar-refractivity contribution in [2.75, 3.05) is 14.7 Å². The van der Waals surface area contributed by atoms with Gasteiger partial charge in [-0.15, -0.1) is 22.7 Å². The van der Waals surface area contributed by atoms with Crippen molar-refractivity contribution in [1.29, 1.82) is 0 Å². The zero-order valence-corrected chi connectivity index (χ0v) is 35.8. The molecule has 0 unspecified atom stereocenters. The van der Waals surface area contributed by atoms with Gasteiger partial charge in [0.05, 0.1) is 10.4 Å². The average Bonchev–Trinajstić information content (AvgIpc) is 3.91. The molecule has 5 heteroatoms. The van der Waals surface area contributed by atoms with Crippen molar-refractivity contribution in [3.63, 3.8) is 0 Å². The lowest BCUT2D eigenvalue weighted by Crippen LogP contribution is -2.13. The van der Waals surface area contributed by atoms with Gasteiger partial charge in [0.15, 0.2) is 0 Å². The average molecular weight is 842 g/mol. The normalized spacial score (nSPS) is 11.5. The number of hydrogen-bond donors (Lipinski definition) is 0. The zero-order valence-electron chi connectivity index (χ0n) is 34.2.